The summed E-state index contributed by atoms with van der Waals surface area (Å²) >= 11 is 0. The van der Waals surface area contributed by atoms with Crippen LogP contribution < -0.4 is 40.8 Å². The Morgan fingerprint density at radius 2 is 1.69 bits per heavy atom. The molecule has 9 N–H and O–H groups in total. The highest BCUT2D eigenvalue weighted by atomic mass is 32.2. The fourth-order valence-corrected chi connectivity index (χ4v) is 15.8. The van der Waals surface area contributed by atoms with Crippen LogP contribution in [0.2, 0.25) is 0 Å². The first-order chi connectivity index (χ1) is 45.4. The Kier molecular flexibility index (Phi) is 21.0. The van der Waals surface area contributed by atoms with Gasteiger partial charge in [-0.15, -0.1) is 0 Å². The van der Waals surface area contributed by atoms with Crippen molar-refractivity contribution in [2.75, 3.05) is 44.2 Å². The number of allylic oxidation sites excluding steroid dienone is 1. The number of aliphatic hydroxyl groups is 1. The van der Waals surface area contributed by atoms with Gasteiger partial charge in [0.15, 0.2) is 17.5 Å². The molecule has 6 aromatic rings. The molecule has 4 aliphatic rings. The zero-order valence-corrected chi connectivity index (χ0v) is 58.8. The Morgan fingerprint density at radius 1 is 1.00 bits per heavy atom. The molecule has 0 amide bonds. The minimum atomic E-state index is -5.80. The monoisotopic (exact) mass is 1430 g/mol. The molecular formula is C64H75N7O23P3S+. The fraction of sp³-hybridized carbons (Fsp3) is 0.391. The molecule has 524 valence electrons. The van der Waals surface area contributed by atoms with Crippen LogP contribution in [0.15, 0.2) is 83.8 Å². The number of hydrogen-bond acceptors (Lipinski definition) is 21. The van der Waals surface area contributed by atoms with Gasteiger partial charge in [-0.25, -0.2) is 18.3 Å². The van der Waals surface area contributed by atoms with Crippen molar-refractivity contribution in [3.63, 3.8) is 0 Å². The number of ketones is 1. The summed E-state index contributed by atoms with van der Waals surface area (Å²) in [6.45, 7) is 15.9. The number of carbonyl (C=O) groups excluding carboxylic acids is 2. The van der Waals surface area contributed by atoms with E-state index >= 15 is 0 Å². The minimum Gasteiger partial charge on any atom is -0.495 e. The number of phosphoric ester groups is 1. The number of nitrogen functional groups attached to an aromatic ring is 1. The second-order valence-corrected chi connectivity index (χ2v) is 31.9. The van der Waals surface area contributed by atoms with Crippen molar-refractivity contribution in [2.45, 2.75) is 124 Å². The first-order valence-electron chi connectivity index (χ1n) is 30.2. The van der Waals surface area contributed by atoms with Crippen molar-refractivity contribution in [1.82, 2.24) is 19.1 Å². The van der Waals surface area contributed by atoms with E-state index in [9.17, 15) is 66.1 Å². The number of hydrogen-bond donors (Lipinski definition) is 8. The maximum Gasteiger partial charge on any atom is 0.490 e. The molecule has 0 saturated carbocycles. The SMILES string of the molecule is CC1=CC(C)(C)N(C)c2cc3c(cc21)C(c1ccccc1C=O)=c1cc2c(cc1O3)=[N+](C)C(C)(C)C=C2CS(=O)(=O)O.COc1cc([C@@H](OCc2cn([C@H]3C[C@@H](O)[C@@H](COP(=O)(O)OP(=O)(O)OP(=O)(O)O)O3)c3nc(N)[nH]c(=O)c23)C(C)(C)C)c([N+](=O)[O-])cc1C#CCCC(C)=O. The summed E-state index contributed by atoms with van der Waals surface area (Å²) in [6, 6.07) is 18.2. The summed E-state index contributed by atoms with van der Waals surface area (Å²) in [6.07, 6.45) is 1.63. The average Bonchev–Trinajstić information content (AvgIpc) is 0.850. The van der Waals surface area contributed by atoms with Crippen molar-refractivity contribution in [2.24, 2.45) is 5.41 Å². The topological polar surface area (TPSA) is 432 Å². The quantitative estimate of drug-likeness (QED) is 0.00683. The molecule has 0 aliphatic carbocycles. The second kappa shape index (κ2) is 27.7. The molecule has 10 rings (SSSR count). The molecule has 6 heterocycles. The third kappa shape index (κ3) is 16.4. The highest BCUT2D eigenvalue weighted by molar-refractivity contribution is 7.86. The Morgan fingerprint density at radius 3 is 2.33 bits per heavy atom. The number of Topliss-reactive ketones (excluding diaryl/α,β-unsaturated/α-hetero) is 1. The van der Waals surface area contributed by atoms with Crippen molar-refractivity contribution < 1.29 is 98.0 Å². The van der Waals surface area contributed by atoms with Crippen LogP contribution in [-0.4, -0.2) is 126 Å². The molecule has 0 bridgehead atoms. The Balaban J connectivity index is 0.000000238. The van der Waals surface area contributed by atoms with Crippen LogP contribution in [0.25, 0.3) is 27.8 Å². The first kappa shape index (κ1) is 74.4. The summed E-state index contributed by atoms with van der Waals surface area (Å²) in [5.41, 5.74) is 11.3. The number of aliphatic hydroxyl groups excluding tert-OH is 1. The van der Waals surface area contributed by atoms with Gasteiger partial charge in [-0.05, 0) is 74.1 Å². The summed E-state index contributed by atoms with van der Waals surface area (Å²) in [5.74, 6) is 6.28. The number of rotatable bonds is 20. The number of likely N-dealkylation sites (N-methyl/N-ethyl adjacent to an activating group) is 2. The highest BCUT2D eigenvalue weighted by Crippen LogP contribution is 2.66. The molecule has 1 fully saturated rings. The maximum absolute atomic E-state index is 13.2. The summed E-state index contributed by atoms with van der Waals surface area (Å²) in [5, 5.41) is 24.6. The number of aldehydes is 1. The van der Waals surface area contributed by atoms with Crippen molar-refractivity contribution in [1.29, 1.82) is 0 Å². The number of methoxy groups -OCH3 is 1. The van der Waals surface area contributed by atoms with E-state index < -0.39 is 91.9 Å². The standard InChI is InChI=1S/C34H34N2O5S.C30H40N5O18P3/c1-20-16-33(2,3)35(6)28-14-30-26(12-24(20)28)32(23-11-9-8-10-21(23)18-37)27-13-25-22(19-42(38,39)40)17-34(4,5)36(7)29(25)15-31(27)41-30;1-16(36)8-6-7-9-17-10-20(35(39)40)19(11-22(17)48-5)26(30(2,3)4)49-14-18-13-34(27-25(18)28(38)33-29(31)32-27)24-12-21(37)23(51-24)15-50-55(44,45)53-56(46,47)52-54(41,42)43/h8-18H,19H2,1-7H3;10-11,13,21,23-24,26,37H,6,8,12,14-15H2,1-5H3,(H,44,45)(H,46,47)(H2,41,42,43)(H3,31,32,33,38)/p+1/t;21-,23-,24-,26-/m.1/s1. The van der Waals surface area contributed by atoms with Gasteiger partial charge in [0, 0.05) is 97.2 Å². The molecule has 4 aliphatic heterocycles. The molecule has 98 heavy (non-hydrogen) atoms. The second-order valence-electron chi connectivity index (χ2n) is 26.0. The van der Waals surface area contributed by atoms with Gasteiger partial charge in [0.2, 0.25) is 11.3 Å². The van der Waals surface area contributed by atoms with Gasteiger partial charge in [0.25, 0.3) is 21.4 Å². The number of nitro groups is 1. The van der Waals surface area contributed by atoms with Crippen molar-refractivity contribution >= 4 is 90.7 Å². The van der Waals surface area contributed by atoms with E-state index in [-0.39, 0.29) is 82.3 Å². The summed E-state index contributed by atoms with van der Waals surface area (Å²) in [7, 11) is -15.9. The number of anilines is 2. The number of benzene rings is 4. The maximum atomic E-state index is 13.2. The molecule has 4 aromatic carbocycles. The zero-order chi connectivity index (χ0) is 72.3. The number of nitrogens with zero attached hydrogens (tertiary/aromatic N) is 5. The Hall–Kier alpha value is -7.85. The number of nitro benzene ring substituents is 1. The number of fused-ring (bicyclic) bond motifs is 5. The van der Waals surface area contributed by atoms with Gasteiger partial charge in [0.05, 0.1) is 71.1 Å². The molecular weight excluding hydrogens is 1360 g/mol. The van der Waals surface area contributed by atoms with E-state index in [1.807, 2.05) is 57.3 Å². The average molecular weight is 1440 g/mol. The van der Waals surface area contributed by atoms with Crippen LogP contribution in [0.4, 0.5) is 17.3 Å². The van der Waals surface area contributed by atoms with Gasteiger partial charge >= 0.3 is 23.5 Å². The van der Waals surface area contributed by atoms with Crippen LogP contribution in [0.5, 0.6) is 17.2 Å². The third-order valence-electron chi connectivity index (χ3n) is 16.9. The molecule has 2 aromatic heterocycles. The largest absolute Gasteiger partial charge is 0.495 e. The molecule has 2 unspecified atom stereocenters. The normalized spacial score (nSPS) is 19.3. The fourth-order valence-electron chi connectivity index (χ4n) is 12.1. The number of H-pyrrole nitrogens is 1. The first-order valence-corrected chi connectivity index (χ1v) is 36.3. The number of aromatic amines is 1. The van der Waals surface area contributed by atoms with Gasteiger partial charge in [-0.3, -0.25) is 38.6 Å². The van der Waals surface area contributed by atoms with E-state index in [0.29, 0.717) is 28.2 Å². The molecule has 6 atom stereocenters. The van der Waals surface area contributed by atoms with Crippen LogP contribution in [0.1, 0.15) is 143 Å². The summed E-state index contributed by atoms with van der Waals surface area (Å²) in [4.78, 5) is 94.1. The Labute approximate surface area is 562 Å². The lowest BCUT2D eigenvalue weighted by Gasteiger charge is -2.41. The third-order valence-corrected chi connectivity index (χ3v) is 21.4. The van der Waals surface area contributed by atoms with Gasteiger partial charge in [-0.1, -0.05) is 63.0 Å². The van der Waals surface area contributed by atoms with Gasteiger partial charge in [0.1, 0.15) is 48.2 Å². The van der Waals surface area contributed by atoms with Crippen LogP contribution >= 0.6 is 23.5 Å². The summed E-state index contributed by atoms with van der Waals surface area (Å²) < 4.78 is 109. The lowest BCUT2D eigenvalue weighted by molar-refractivity contribution is -0.386. The molecule has 34 heteroatoms. The van der Waals surface area contributed by atoms with Crippen LogP contribution in [-0.2, 0) is 57.8 Å². The number of phosphoric acid groups is 3. The van der Waals surface area contributed by atoms with Crippen LogP contribution in [0, 0.1) is 27.4 Å². The molecule has 1 saturated heterocycles. The number of aromatic nitrogens is 3. The predicted molar refractivity (Wildman–Crippen MR) is 360 cm³/mol. The number of ether oxygens (including phenoxy) is 4. The van der Waals surface area contributed by atoms with Crippen molar-refractivity contribution in [3.05, 3.63) is 155 Å². The van der Waals surface area contributed by atoms with Crippen molar-refractivity contribution in [3.8, 4) is 29.1 Å². The van der Waals surface area contributed by atoms with Gasteiger partial charge < -0.3 is 58.8 Å². The van der Waals surface area contributed by atoms with Crippen LogP contribution in [0.3, 0.4) is 0 Å². The Bertz CT molecular complexity index is 4890. The lowest BCUT2D eigenvalue weighted by atomic mass is 9.83. The predicted octanol–water partition coefficient (Wildman–Crippen LogP) is 7.91. The zero-order valence-electron chi connectivity index (χ0n) is 55.3. The van der Waals surface area contributed by atoms with E-state index in [2.05, 4.69) is 90.5 Å². The smallest absolute Gasteiger partial charge is 0.490 e. The molecule has 0 radical (unpaired) electrons. The molecule has 0 spiro atoms. The van der Waals surface area contributed by atoms with E-state index in [4.69, 9.17) is 34.5 Å². The number of nitrogens with two attached hydrogens (primary N) is 1. The minimum absolute atomic E-state index is 0.0232. The van der Waals surface area contributed by atoms with E-state index in [1.165, 1.54) is 36.9 Å². The lowest BCUT2D eigenvalue weighted by Crippen LogP contribution is -2.47. The highest BCUT2D eigenvalue weighted by Gasteiger charge is 2.44. The number of carbonyl (C=O) groups is 2. The number of nitrogens with one attached hydrogen (secondary N) is 1. The van der Waals surface area contributed by atoms with E-state index in [0.717, 1.165) is 50.4 Å². The molecule has 30 nitrogen and oxygen atoms in total. The van der Waals surface area contributed by atoms with Gasteiger partial charge in [-0.2, -0.15) is 22.0 Å². The van der Waals surface area contributed by atoms with E-state index in [1.54, 1.807) is 26.8 Å².